The summed E-state index contributed by atoms with van der Waals surface area (Å²) in [6.07, 6.45) is -0.0136. The summed E-state index contributed by atoms with van der Waals surface area (Å²) >= 11 is 0. The summed E-state index contributed by atoms with van der Waals surface area (Å²) in [5, 5.41) is 0. The molecule has 82 valence electrons. The third-order valence-corrected chi connectivity index (χ3v) is 3.85. The van der Waals surface area contributed by atoms with Gasteiger partial charge in [0.15, 0.2) is 0 Å². The van der Waals surface area contributed by atoms with Gasteiger partial charge >= 0.3 is 0 Å². The van der Waals surface area contributed by atoms with E-state index in [2.05, 4.69) is 0 Å². The lowest BCUT2D eigenvalue weighted by Gasteiger charge is -2.35. The minimum absolute atomic E-state index is 0.00681. The Bertz CT molecular complexity index is 208. The first-order chi connectivity index (χ1) is 6.58. The third kappa shape index (κ3) is 1.03. The van der Waals surface area contributed by atoms with E-state index < -0.39 is 0 Å². The Morgan fingerprint density at radius 1 is 0.929 bits per heavy atom. The van der Waals surface area contributed by atoms with Gasteiger partial charge in [0.05, 0.1) is 13.2 Å². The Hall–Kier alpha value is -0.160. The summed E-state index contributed by atoms with van der Waals surface area (Å²) in [6, 6.07) is 0. The third-order valence-electron chi connectivity index (χ3n) is 3.85. The zero-order chi connectivity index (χ0) is 10.4. The molecule has 1 unspecified atom stereocenters. The Balaban J connectivity index is 2.29. The van der Waals surface area contributed by atoms with E-state index in [1.807, 2.05) is 13.8 Å². The predicted molar refractivity (Wildman–Crippen MR) is 50.3 cm³/mol. The molecule has 0 radical (unpaired) electrons. The van der Waals surface area contributed by atoms with E-state index in [0.29, 0.717) is 13.2 Å². The topological polar surface area (TPSA) is 36.9 Å². The van der Waals surface area contributed by atoms with Crippen LogP contribution >= 0.6 is 0 Å². The standard InChI is InChI=1S/C10H18O4/c1-9-7(11-3)5-14-10(9,2)8(12-4)6-13-9/h7-8H,5-6H2,1-4H3/t7-,8?,9+,10+/m0/s1. The van der Waals surface area contributed by atoms with Crippen molar-refractivity contribution in [2.24, 2.45) is 0 Å². The summed E-state index contributed by atoms with van der Waals surface area (Å²) in [5.74, 6) is 0. The molecule has 0 saturated carbocycles. The van der Waals surface area contributed by atoms with Gasteiger partial charge in [-0.1, -0.05) is 0 Å². The molecule has 4 heteroatoms. The minimum Gasteiger partial charge on any atom is -0.376 e. The average Bonchev–Trinajstić information content (AvgIpc) is 2.55. The van der Waals surface area contributed by atoms with E-state index in [1.54, 1.807) is 14.2 Å². The summed E-state index contributed by atoms with van der Waals surface area (Å²) in [6.45, 7) is 5.22. The van der Waals surface area contributed by atoms with Crippen LogP contribution in [0.15, 0.2) is 0 Å². The van der Waals surface area contributed by atoms with Crippen molar-refractivity contribution in [3.8, 4) is 0 Å². The largest absolute Gasteiger partial charge is 0.376 e. The molecular formula is C10H18O4. The zero-order valence-electron chi connectivity index (χ0n) is 9.20. The maximum atomic E-state index is 5.80. The van der Waals surface area contributed by atoms with E-state index in [9.17, 15) is 0 Å². The van der Waals surface area contributed by atoms with Crippen LogP contribution in [0.2, 0.25) is 0 Å². The van der Waals surface area contributed by atoms with Crippen molar-refractivity contribution in [3.63, 3.8) is 0 Å². The summed E-state index contributed by atoms with van der Waals surface area (Å²) in [4.78, 5) is 0. The van der Waals surface area contributed by atoms with Gasteiger partial charge in [-0.05, 0) is 13.8 Å². The highest BCUT2D eigenvalue weighted by Crippen LogP contribution is 2.47. The van der Waals surface area contributed by atoms with Crippen LogP contribution in [-0.2, 0) is 18.9 Å². The van der Waals surface area contributed by atoms with E-state index in [0.717, 1.165) is 0 Å². The fourth-order valence-electron chi connectivity index (χ4n) is 2.51. The number of fused-ring (bicyclic) bond motifs is 1. The first-order valence-electron chi connectivity index (χ1n) is 4.92. The second-order valence-corrected chi connectivity index (χ2v) is 4.28. The maximum absolute atomic E-state index is 5.80. The monoisotopic (exact) mass is 202 g/mol. The number of methoxy groups -OCH3 is 2. The second-order valence-electron chi connectivity index (χ2n) is 4.28. The molecule has 0 aliphatic carbocycles. The van der Waals surface area contributed by atoms with Gasteiger partial charge in [0.1, 0.15) is 23.4 Å². The molecule has 0 aromatic rings. The van der Waals surface area contributed by atoms with E-state index in [1.165, 1.54) is 0 Å². The van der Waals surface area contributed by atoms with Crippen molar-refractivity contribution in [1.82, 2.24) is 0 Å². The molecule has 0 aromatic heterocycles. The molecule has 2 rings (SSSR count). The van der Waals surface area contributed by atoms with E-state index >= 15 is 0 Å². The maximum Gasteiger partial charge on any atom is 0.125 e. The van der Waals surface area contributed by atoms with Gasteiger partial charge in [0, 0.05) is 14.2 Å². The Morgan fingerprint density at radius 3 is 1.57 bits per heavy atom. The predicted octanol–water partition coefficient (Wildman–Crippen LogP) is 0.594. The van der Waals surface area contributed by atoms with Crippen LogP contribution in [0.5, 0.6) is 0 Å². The van der Waals surface area contributed by atoms with Crippen LogP contribution in [0, 0.1) is 0 Å². The first-order valence-corrected chi connectivity index (χ1v) is 4.92. The van der Waals surface area contributed by atoms with Crippen LogP contribution in [-0.4, -0.2) is 50.8 Å². The summed E-state index contributed by atoms with van der Waals surface area (Å²) < 4.78 is 22.4. The molecule has 2 heterocycles. The van der Waals surface area contributed by atoms with E-state index in [4.69, 9.17) is 18.9 Å². The van der Waals surface area contributed by atoms with Crippen molar-refractivity contribution < 1.29 is 18.9 Å². The molecule has 2 aliphatic rings. The number of rotatable bonds is 2. The molecule has 4 nitrogen and oxygen atoms in total. The van der Waals surface area contributed by atoms with Crippen molar-refractivity contribution in [2.45, 2.75) is 37.3 Å². The fraction of sp³-hybridized carbons (Fsp3) is 1.00. The van der Waals surface area contributed by atoms with Crippen molar-refractivity contribution >= 4 is 0 Å². The van der Waals surface area contributed by atoms with Gasteiger partial charge < -0.3 is 18.9 Å². The normalized spacial score (nSPS) is 52.3. The molecule has 0 bridgehead atoms. The molecule has 14 heavy (non-hydrogen) atoms. The molecular weight excluding hydrogens is 184 g/mol. The highest BCUT2D eigenvalue weighted by Gasteiger charge is 2.66. The second kappa shape index (κ2) is 3.17. The Labute approximate surface area is 84.5 Å². The van der Waals surface area contributed by atoms with Crippen molar-refractivity contribution in [1.29, 1.82) is 0 Å². The minimum atomic E-state index is -0.386. The van der Waals surface area contributed by atoms with Crippen LogP contribution in [0.1, 0.15) is 13.8 Å². The molecule has 0 spiro atoms. The number of hydrogen-bond acceptors (Lipinski definition) is 4. The van der Waals surface area contributed by atoms with Crippen LogP contribution in [0.3, 0.4) is 0 Å². The lowest BCUT2D eigenvalue weighted by molar-refractivity contribution is -0.116. The van der Waals surface area contributed by atoms with Gasteiger partial charge in [-0.15, -0.1) is 0 Å². The molecule has 0 aromatic carbocycles. The first kappa shape index (κ1) is 10.4. The highest BCUT2D eigenvalue weighted by atomic mass is 16.7. The lowest BCUT2D eigenvalue weighted by atomic mass is 9.82. The van der Waals surface area contributed by atoms with Gasteiger partial charge in [-0.2, -0.15) is 0 Å². The Morgan fingerprint density at radius 2 is 1.29 bits per heavy atom. The highest BCUT2D eigenvalue weighted by molar-refractivity contribution is 5.14. The van der Waals surface area contributed by atoms with Gasteiger partial charge in [-0.3, -0.25) is 0 Å². The van der Waals surface area contributed by atoms with Crippen molar-refractivity contribution in [3.05, 3.63) is 0 Å². The van der Waals surface area contributed by atoms with Gasteiger partial charge in [-0.25, -0.2) is 0 Å². The molecule has 2 fully saturated rings. The fourth-order valence-corrected chi connectivity index (χ4v) is 2.51. The van der Waals surface area contributed by atoms with Gasteiger partial charge in [0.2, 0.25) is 0 Å². The van der Waals surface area contributed by atoms with Crippen LogP contribution < -0.4 is 0 Å². The number of ether oxygens (including phenoxy) is 4. The zero-order valence-corrected chi connectivity index (χ0v) is 9.20. The number of hydrogen-bond donors (Lipinski definition) is 0. The SMILES string of the molecule is COC1CO[C@]2(C)[C@@H](OC)CO[C@]12C. The van der Waals surface area contributed by atoms with Crippen molar-refractivity contribution in [2.75, 3.05) is 27.4 Å². The molecule has 4 atom stereocenters. The lowest BCUT2D eigenvalue weighted by Crippen LogP contribution is -2.54. The summed E-state index contributed by atoms with van der Waals surface area (Å²) in [7, 11) is 3.38. The smallest absolute Gasteiger partial charge is 0.125 e. The van der Waals surface area contributed by atoms with Crippen LogP contribution in [0.25, 0.3) is 0 Å². The average molecular weight is 202 g/mol. The molecule has 0 N–H and O–H groups in total. The molecule has 2 saturated heterocycles. The van der Waals surface area contributed by atoms with Crippen LogP contribution in [0.4, 0.5) is 0 Å². The molecule has 0 amide bonds. The molecule has 2 aliphatic heterocycles. The van der Waals surface area contributed by atoms with Gasteiger partial charge in [0.25, 0.3) is 0 Å². The van der Waals surface area contributed by atoms with E-state index in [-0.39, 0.29) is 23.4 Å². The summed E-state index contributed by atoms with van der Waals surface area (Å²) in [5.41, 5.74) is -0.773. The Kier molecular flexibility index (Phi) is 2.34. The quantitative estimate of drug-likeness (QED) is 0.657.